The number of amides is 1. The van der Waals surface area contributed by atoms with Crippen molar-refractivity contribution in [1.82, 2.24) is 29.9 Å². The molecule has 1 saturated heterocycles. The lowest BCUT2D eigenvalue weighted by molar-refractivity contribution is -0.128. The molecule has 3 heterocycles. The summed E-state index contributed by atoms with van der Waals surface area (Å²) in [7, 11) is 0. The molecule has 0 radical (unpaired) electrons. The zero-order chi connectivity index (χ0) is 26.4. The summed E-state index contributed by atoms with van der Waals surface area (Å²) in [6.45, 7) is 1.95. The average molecular weight is 517 g/mol. The molecule has 6 rings (SSSR count). The Kier molecular flexibility index (Phi) is 5.84. The molecule has 0 spiro atoms. The van der Waals surface area contributed by atoms with Gasteiger partial charge in [-0.2, -0.15) is 4.80 Å². The quantitative estimate of drug-likeness (QED) is 0.357. The first kappa shape index (κ1) is 23.7. The van der Waals surface area contributed by atoms with Crippen molar-refractivity contribution in [1.29, 1.82) is 0 Å². The van der Waals surface area contributed by atoms with E-state index in [1.54, 1.807) is 30.0 Å². The number of nitrogens with one attached hydrogen (secondary N) is 2. The van der Waals surface area contributed by atoms with Crippen molar-refractivity contribution in [3.8, 4) is 16.9 Å². The van der Waals surface area contributed by atoms with E-state index in [0.717, 1.165) is 5.56 Å². The molecular formula is C27H22F2N6O3. The van der Waals surface area contributed by atoms with E-state index in [1.165, 1.54) is 29.1 Å². The van der Waals surface area contributed by atoms with Crippen LogP contribution in [0.2, 0.25) is 0 Å². The fourth-order valence-electron chi connectivity index (χ4n) is 4.65. The Hall–Kier alpha value is -4.64. The van der Waals surface area contributed by atoms with E-state index >= 15 is 0 Å². The van der Waals surface area contributed by atoms with E-state index in [2.05, 4.69) is 20.2 Å². The van der Waals surface area contributed by atoms with Crippen molar-refractivity contribution in [2.24, 2.45) is 0 Å². The van der Waals surface area contributed by atoms with Crippen LogP contribution < -0.4 is 5.69 Å². The van der Waals surface area contributed by atoms with Crippen molar-refractivity contribution in [2.75, 3.05) is 13.2 Å². The number of hydrogen-bond acceptors (Lipinski definition) is 5. The maximum Gasteiger partial charge on any atom is 0.323 e. The third-order valence-electron chi connectivity index (χ3n) is 6.44. The monoisotopic (exact) mass is 516 g/mol. The van der Waals surface area contributed by atoms with Gasteiger partial charge >= 0.3 is 5.69 Å². The molecule has 2 N–H and O–H groups in total. The number of ether oxygens (including phenoxy) is 1. The summed E-state index contributed by atoms with van der Waals surface area (Å²) in [6.07, 6.45) is -0.348. The van der Waals surface area contributed by atoms with Crippen LogP contribution >= 0.6 is 0 Å². The van der Waals surface area contributed by atoms with Crippen LogP contribution in [0.1, 0.15) is 23.0 Å². The number of rotatable bonds is 6. The maximum atomic E-state index is 14.2. The van der Waals surface area contributed by atoms with E-state index in [0.29, 0.717) is 52.2 Å². The van der Waals surface area contributed by atoms with Gasteiger partial charge in [-0.3, -0.25) is 4.79 Å². The highest BCUT2D eigenvalue weighted by molar-refractivity contribution is 5.80. The van der Waals surface area contributed by atoms with Gasteiger partial charge in [-0.15, -0.1) is 10.2 Å². The normalized spacial score (nSPS) is 15.6. The van der Waals surface area contributed by atoms with Crippen LogP contribution in [0.15, 0.2) is 65.5 Å². The molecule has 3 aromatic carbocycles. The zero-order valence-electron chi connectivity index (χ0n) is 20.2. The number of halogens is 2. The van der Waals surface area contributed by atoms with Gasteiger partial charge < -0.3 is 19.6 Å². The van der Waals surface area contributed by atoms with Crippen LogP contribution in [-0.4, -0.2) is 48.9 Å². The molecule has 38 heavy (non-hydrogen) atoms. The van der Waals surface area contributed by atoms with Crippen LogP contribution in [0.25, 0.3) is 28.0 Å². The highest BCUT2D eigenvalue weighted by atomic mass is 19.1. The zero-order valence-corrected chi connectivity index (χ0v) is 20.2. The third kappa shape index (κ3) is 4.48. The minimum absolute atomic E-state index is 0.135. The molecule has 1 fully saturated rings. The van der Waals surface area contributed by atoms with Crippen molar-refractivity contribution < 1.29 is 18.3 Å². The number of fused-ring (bicyclic) bond motifs is 1. The first-order chi connectivity index (χ1) is 18.3. The number of aryl methyl sites for hydroxylation is 1. The number of aromatic nitrogens is 5. The summed E-state index contributed by atoms with van der Waals surface area (Å²) in [5.74, 6) is -1.05. The van der Waals surface area contributed by atoms with Crippen LogP contribution in [0, 0.1) is 18.6 Å². The largest absolute Gasteiger partial charge is 0.342 e. The van der Waals surface area contributed by atoms with Crippen molar-refractivity contribution >= 4 is 16.9 Å². The second kappa shape index (κ2) is 9.34. The lowest BCUT2D eigenvalue weighted by Crippen LogP contribution is -2.31. The SMILES string of the molecule is Cc1cc(F)cc(-n2nc(-c3ccc(F)cc3)c(C3OCC(=O)N3CCc3ccc4[nH]c(=O)[nH]c4c3)n2)c1. The van der Waals surface area contributed by atoms with E-state index in [9.17, 15) is 18.4 Å². The molecule has 0 saturated carbocycles. The molecule has 11 heteroatoms. The second-order valence-corrected chi connectivity index (χ2v) is 9.18. The van der Waals surface area contributed by atoms with Gasteiger partial charge in [-0.25, -0.2) is 13.6 Å². The van der Waals surface area contributed by atoms with E-state index in [-0.39, 0.29) is 18.2 Å². The number of hydrogen-bond donors (Lipinski definition) is 2. The van der Waals surface area contributed by atoms with Crippen LogP contribution in [0.4, 0.5) is 8.78 Å². The molecule has 1 aliphatic rings. The number of imidazole rings is 1. The average Bonchev–Trinajstić information content (AvgIpc) is 3.58. The summed E-state index contributed by atoms with van der Waals surface area (Å²) in [6, 6.07) is 15.7. The van der Waals surface area contributed by atoms with Crippen molar-refractivity contribution in [3.63, 3.8) is 0 Å². The van der Waals surface area contributed by atoms with Gasteiger partial charge in [-0.1, -0.05) is 6.07 Å². The number of carbonyl (C=O) groups excluding carboxylic acids is 1. The van der Waals surface area contributed by atoms with E-state index in [4.69, 9.17) is 4.74 Å². The van der Waals surface area contributed by atoms with Crippen molar-refractivity contribution in [2.45, 2.75) is 19.6 Å². The van der Waals surface area contributed by atoms with Gasteiger partial charge in [0.25, 0.3) is 5.91 Å². The van der Waals surface area contributed by atoms with Gasteiger partial charge in [0.15, 0.2) is 6.23 Å². The number of nitrogens with zero attached hydrogens (tertiary/aromatic N) is 4. The molecule has 1 amide bonds. The highest BCUT2D eigenvalue weighted by Crippen LogP contribution is 2.34. The lowest BCUT2D eigenvalue weighted by Gasteiger charge is -2.22. The first-order valence-electron chi connectivity index (χ1n) is 12.0. The summed E-state index contributed by atoms with van der Waals surface area (Å²) in [4.78, 5) is 32.7. The Morgan fingerprint density at radius 1 is 0.947 bits per heavy atom. The molecular weight excluding hydrogens is 494 g/mol. The van der Waals surface area contributed by atoms with Crippen LogP contribution in [0.5, 0.6) is 0 Å². The standard InChI is InChI=1S/C27H22F2N6O3/c1-15-10-19(29)13-20(11-15)35-32-24(17-3-5-18(28)6-4-17)25(33-35)26-34(23(36)14-38-26)9-8-16-2-7-21-22(12-16)31-27(37)30-21/h2-7,10-13,26H,8-9,14H2,1H3,(H2,30,31,37). The lowest BCUT2D eigenvalue weighted by atomic mass is 10.1. The fourth-order valence-corrected chi connectivity index (χ4v) is 4.65. The van der Waals surface area contributed by atoms with E-state index in [1.807, 2.05) is 18.2 Å². The molecule has 1 aliphatic heterocycles. The van der Waals surface area contributed by atoms with Gasteiger partial charge in [0.05, 0.1) is 16.7 Å². The molecule has 9 nitrogen and oxygen atoms in total. The number of carbonyl (C=O) groups is 1. The van der Waals surface area contributed by atoms with Crippen LogP contribution in [0.3, 0.4) is 0 Å². The van der Waals surface area contributed by atoms with Crippen molar-refractivity contribution in [3.05, 3.63) is 99.6 Å². The van der Waals surface area contributed by atoms with Crippen LogP contribution in [-0.2, 0) is 16.0 Å². The summed E-state index contributed by atoms with van der Waals surface area (Å²) < 4.78 is 33.7. The number of benzene rings is 3. The Morgan fingerprint density at radius 3 is 2.53 bits per heavy atom. The number of aromatic amines is 2. The summed E-state index contributed by atoms with van der Waals surface area (Å²) in [5.41, 5.74) is 4.43. The Morgan fingerprint density at radius 2 is 1.74 bits per heavy atom. The molecule has 0 bridgehead atoms. The fraction of sp³-hybridized carbons (Fsp3) is 0.185. The summed E-state index contributed by atoms with van der Waals surface area (Å²) in [5, 5.41) is 9.19. The Bertz CT molecular complexity index is 1700. The molecule has 0 aliphatic carbocycles. The number of H-pyrrole nitrogens is 2. The van der Waals surface area contributed by atoms with Gasteiger partial charge in [-0.05, 0) is 73.0 Å². The molecule has 192 valence electrons. The minimum Gasteiger partial charge on any atom is -0.342 e. The first-order valence-corrected chi connectivity index (χ1v) is 12.0. The van der Waals surface area contributed by atoms with Gasteiger partial charge in [0.1, 0.15) is 29.6 Å². The highest BCUT2D eigenvalue weighted by Gasteiger charge is 2.37. The molecule has 5 aromatic rings. The Balaban J connectivity index is 1.36. The predicted molar refractivity (Wildman–Crippen MR) is 134 cm³/mol. The Labute approximate surface area is 214 Å². The topological polar surface area (TPSA) is 109 Å². The molecule has 1 unspecified atom stereocenters. The molecule has 1 atom stereocenters. The second-order valence-electron chi connectivity index (χ2n) is 9.18. The predicted octanol–water partition coefficient (Wildman–Crippen LogP) is 3.79. The smallest absolute Gasteiger partial charge is 0.323 e. The van der Waals surface area contributed by atoms with Gasteiger partial charge in [0, 0.05) is 18.2 Å². The molecule has 2 aromatic heterocycles. The summed E-state index contributed by atoms with van der Waals surface area (Å²) >= 11 is 0. The van der Waals surface area contributed by atoms with Gasteiger partial charge in [0.2, 0.25) is 0 Å². The van der Waals surface area contributed by atoms with E-state index < -0.39 is 17.9 Å². The minimum atomic E-state index is -0.846. The maximum absolute atomic E-state index is 14.2. The third-order valence-corrected chi connectivity index (χ3v) is 6.44.